The SMILES string of the molecule is CN(CCC1CNNC1)C(=O)c1cc(S(N)(=O)=O)ccc1F. The number of hydrogen-bond donors (Lipinski definition) is 3. The van der Waals surface area contributed by atoms with Gasteiger partial charge in [0.15, 0.2) is 0 Å². The molecular formula is C13H19FN4O3S. The first-order valence-corrected chi connectivity index (χ1v) is 8.37. The van der Waals surface area contributed by atoms with Crippen molar-refractivity contribution in [1.29, 1.82) is 0 Å². The standard InChI is InChI=1S/C13H19FN4O3S/c1-18(5-4-9-7-16-17-8-9)13(19)11-6-10(22(15,20)21)2-3-12(11)14/h2-3,6,9,16-17H,4-5,7-8H2,1H3,(H2,15,20,21). The van der Waals surface area contributed by atoms with E-state index in [4.69, 9.17) is 5.14 Å². The van der Waals surface area contributed by atoms with Crippen molar-refractivity contribution in [3.8, 4) is 0 Å². The summed E-state index contributed by atoms with van der Waals surface area (Å²) in [6.07, 6.45) is 0.763. The Labute approximate surface area is 128 Å². The van der Waals surface area contributed by atoms with Crippen molar-refractivity contribution in [2.45, 2.75) is 11.3 Å². The van der Waals surface area contributed by atoms with E-state index in [1.807, 2.05) is 0 Å². The fourth-order valence-electron chi connectivity index (χ4n) is 2.24. The molecule has 1 aromatic rings. The molecule has 0 saturated carbocycles. The van der Waals surface area contributed by atoms with Crippen molar-refractivity contribution in [2.24, 2.45) is 11.1 Å². The van der Waals surface area contributed by atoms with Crippen LogP contribution in [0.3, 0.4) is 0 Å². The molecular weight excluding hydrogens is 311 g/mol. The molecule has 2 rings (SSSR count). The van der Waals surface area contributed by atoms with Gasteiger partial charge in [-0.2, -0.15) is 0 Å². The van der Waals surface area contributed by atoms with E-state index in [9.17, 15) is 17.6 Å². The smallest absolute Gasteiger partial charge is 0.256 e. The molecule has 0 aromatic heterocycles. The van der Waals surface area contributed by atoms with Gasteiger partial charge in [-0.15, -0.1) is 0 Å². The van der Waals surface area contributed by atoms with Crippen LogP contribution < -0.4 is 16.0 Å². The van der Waals surface area contributed by atoms with Gasteiger partial charge in [0.25, 0.3) is 5.91 Å². The summed E-state index contributed by atoms with van der Waals surface area (Å²) in [5.41, 5.74) is 5.70. The normalized spacial score (nSPS) is 16.0. The number of primary sulfonamides is 1. The van der Waals surface area contributed by atoms with Gasteiger partial charge in [-0.05, 0) is 30.5 Å². The van der Waals surface area contributed by atoms with Crippen LogP contribution in [0.5, 0.6) is 0 Å². The van der Waals surface area contributed by atoms with Crippen LogP contribution >= 0.6 is 0 Å². The van der Waals surface area contributed by atoms with Crippen LogP contribution in [-0.4, -0.2) is 45.9 Å². The number of carbonyl (C=O) groups is 1. The van der Waals surface area contributed by atoms with Crippen molar-refractivity contribution < 1.29 is 17.6 Å². The van der Waals surface area contributed by atoms with Gasteiger partial charge in [-0.1, -0.05) is 0 Å². The average molecular weight is 330 g/mol. The first kappa shape index (κ1) is 16.8. The molecule has 0 bridgehead atoms. The monoisotopic (exact) mass is 330 g/mol. The minimum absolute atomic E-state index is 0.283. The second-order valence-corrected chi connectivity index (χ2v) is 6.89. The largest absolute Gasteiger partial charge is 0.342 e. The fourth-order valence-corrected chi connectivity index (χ4v) is 2.78. The highest BCUT2D eigenvalue weighted by Crippen LogP contribution is 2.16. The van der Waals surface area contributed by atoms with E-state index in [-0.39, 0.29) is 10.5 Å². The molecule has 4 N–H and O–H groups in total. The lowest BCUT2D eigenvalue weighted by Gasteiger charge is -2.19. The molecule has 122 valence electrons. The molecule has 1 saturated heterocycles. The van der Waals surface area contributed by atoms with Crippen molar-refractivity contribution in [1.82, 2.24) is 15.8 Å². The third-order valence-corrected chi connectivity index (χ3v) is 4.53. The number of benzene rings is 1. The van der Waals surface area contributed by atoms with E-state index >= 15 is 0 Å². The molecule has 1 fully saturated rings. The van der Waals surface area contributed by atoms with Crippen molar-refractivity contribution in [2.75, 3.05) is 26.7 Å². The highest BCUT2D eigenvalue weighted by atomic mass is 32.2. The molecule has 1 amide bonds. The number of nitrogens with two attached hydrogens (primary N) is 1. The maximum Gasteiger partial charge on any atom is 0.256 e. The summed E-state index contributed by atoms with van der Waals surface area (Å²) < 4.78 is 36.4. The zero-order chi connectivity index (χ0) is 16.3. The number of rotatable bonds is 5. The Kier molecular flexibility index (Phi) is 5.12. The van der Waals surface area contributed by atoms with Crippen LogP contribution in [0, 0.1) is 11.7 Å². The Morgan fingerprint density at radius 2 is 2.05 bits per heavy atom. The maximum absolute atomic E-state index is 13.8. The first-order chi connectivity index (χ1) is 10.3. The highest BCUT2D eigenvalue weighted by Gasteiger charge is 2.21. The quantitative estimate of drug-likeness (QED) is 0.685. The summed E-state index contributed by atoms with van der Waals surface area (Å²) in [5, 5.41) is 5.00. The molecule has 1 aliphatic heterocycles. The Bertz CT molecular complexity index is 659. The molecule has 0 aliphatic carbocycles. The number of hydrazine groups is 1. The lowest BCUT2D eigenvalue weighted by atomic mass is 10.1. The van der Waals surface area contributed by atoms with E-state index in [0.29, 0.717) is 12.5 Å². The van der Waals surface area contributed by atoms with Crippen LogP contribution in [0.4, 0.5) is 4.39 Å². The van der Waals surface area contributed by atoms with Crippen molar-refractivity contribution >= 4 is 15.9 Å². The van der Waals surface area contributed by atoms with E-state index in [2.05, 4.69) is 10.9 Å². The molecule has 9 heteroatoms. The van der Waals surface area contributed by atoms with Crippen LogP contribution in [0.15, 0.2) is 23.1 Å². The zero-order valence-corrected chi connectivity index (χ0v) is 13.0. The predicted molar refractivity (Wildman–Crippen MR) is 78.8 cm³/mol. The molecule has 0 unspecified atom stereocenters. The number of sulfonamides is 1. The Morgan fingerprint density at radius 3 is 2.64 bits per heavy atom. The van der Waals surface area contributed by atoms with E-state index < -0.39 is 21.7 Å². The van der Waals surface area contributed by atoms with Gasteiger partial charge in [0.05, 0.1) is 10.5 Å². The second kappa shape index (κ2) is 6.69. The van der Waals surface area contributed by atoms with E-state index in [0.717, 1.165) is 37.7 Å². The topological polar surface area (TPSA) is 105 Å². The molecule has 1 heterocycles. The van der Waals surface area contributed by atoms with Crippen molar-refractivity contribution in [3.05, 3.63) is 29.6 Å². The van der Waals surface area contributed by atoms with E-state index in [1.54, 1.807) is 7.05 Å². The van der Waals surface area contributed by atoms with Crippen molar-refractivity contribution in [3.63, 3.8) is 0 Å². The fraction of sp³-hybridized carbons (Fsp3) is 0.462. The summed E-state index contributed by atoms with van der Waals surface area (Å²) >= 11 is 0. The molecule has 22 heavy (non-hydrogen) atoms. The minimum Gasteiger partial charge on any atom is -0.342 e. The van der Waals surface area contributed by atoms with Crippen LogP contribution in [-0.2, 0) is 10.0 Å². The molecule has 0 spiro atoms. The van der Waals surface area contributed by atoms with Crippen LogP contribution in [0.1, 0.15) is 16.8 Å². The number of carbonyl (C=O) groups excluding carboxylic acids is 1. The average Bonchev–Trinajstić information content (AvgIpc) is 2.96. The minimum atomic E-state index is -3.98. The van der Waals surface area contributed by atoms with Gasteiger partial charge in [0, 0.05) is 26.7 Å². The molecule has 0 radical (unpaired) electrons. The summed E-state index contributed by atoms with van der Waals surface area (Å²) in [4.78, 5) is 13.4. The van der Waals surface area contributed by atoms with Gasteiger partial charge >= 0.3 is 0 Å². The number of nitrogens with one attached hydrogen (secondary N) is 2. The maximum atomic E-state index is 13.8. The lowest BCUT2D eigenvalue weighted by molar-refractivity contribution is 0.0783. The third kappa shape index (κ3) is 4.01. The van der Waals surface area contributed by atoms with Gasteiger partial charge in [0.2, 0.25) is 10.0 Å². The second-order valence-electron chi connectivity index (χ2n) is 5.33. The summed E-state index contributed by atoms with van der Waals surface area (Å²) in [5.74, 6) is -0.939. The number of halogens is 1. The van der Waals surface area contributed by atoms with Gasteiger partial charge in [0.1, 0.15) is 5.82 Å². The van der Waals surface area contributed by atoms with Gasteiger partial charge < -0.3 is 4.90 Å². The summed E-state index contributed by atoms with van der Waals surface area (Å²) in [6, 6.07) is 2.95. The molecule has 1 aromatic carbocycles. The Hall–Kier alpha value is -1.55. The van der Waals surface area contributed by atoms with Crippen LogP contribution in [0.2, 0.25) is 0 Å². The first-order valence-electron chi connectivity index (χ1n) is 6.82. The third-order valence-electron chi connectivity index (χ3n) is 3.62. The molecule has 1 aliphatic rings. The van der Waals surface area contributed by atoms with E-state index in [1.165, 1.54) is 4.90 Å². The lowest BCUT2D eigenvalue weighted by Crippen LogP contribution is -2.30. The Balaban J connectivity index is 2.10. The van der Waals surface area contributed by atoms with Crippen LogP contribution in [0.25, 0.3) is 0 Å². The number of nitrogens with zero attached hydrogens (tertiary/aromatic N) is 1. The summed E-state index contributed by atoms with van der Waals surface area (Å²) in [7, 11) is -2.42. The Morgan fingerprint density at radius 1 is 1.41 bits per heavy atom. The summed E-state index contributed by atoms with van der Waals surface area (Å²) in [6.45, 7) is 2.08. The zero-order valence-electron chi connectivity index (χ0n) is 12.2. The predicted octanol–water partition coefficient (Wildman–Crippen LogP) is -0.341. The van der Waals surface area contributed by atoms with Gasteiger partial charge in [-0.3, -0.25) is 15.6 Å². The highest BCUT2D eigenvalue weighted by molar-refractivity contribution is 7.89. The molecule has 7 nitrogen and oxygen atoms in total. The van der Waals surface area contributed by atoms with Gasteiger partial charge in [-0.25, -0.2) is 17.9 Å². The number of amides is 1. The number of hydrogen-bond acceptors (Lipinski definition) is 5. The molecule has 0 atom stereocenters.